The van der Waals surface area contributed by atoms with Gasteiger partial charge in [-0.2, -0.15) is 0 Å². The van der Waals surface area contributed by atoms with Gasteiger partial charge in [-0.1, -0.05) is 77.4 Å². The lowest BCUT2D eigenvalue weighted by Crippen LogP contribution is -2.43. The van der Waals surface area contributed by atoms with Crippen molar-refractivity contribution in [1.82, 2.24) is 0 Å². The molecule has 0 saturated heterocycles. The first kappa shape index (κ1) is 18.8. The molecule has 1 aromatic rings. The maximum atomic E-state index is 12.2. The first-order chi connectivity index (χ1) is 11.3. The zero-order chi connectivity index (χ0) is 17.7. The Hall–Kier alpha value is -1.57. The third-order valence-electron chi connectivity index (χ3n) is 5.38. The molecular weight excluding hydrogens is 296 g/mol. The van der Waals surface area contributed by atoms with Crippen LogP contribution in [0, 0.1) is 17.8 Å². The van der Waals surface area contributed by atoms with Gasteiger partial charge in [-0.05, 0) is 35.7 Å². The molecule has 0 radical (unpaired) electrons. The van der Waals surface area contributed by atoms with E-state index in [9.17, 15) is 4.79 Å². The molecule has 2 heteroatoms. The lowest BCUT2D eigenvalue weighted by Gasteiger charge is -2.43. The summed E-state index contributed by atoms with van der Waals surface area (Å²) in [6.45, 7) is 11.0. The average molecular weight is 328 g/mol. The summed E-state index contributed by atoms with van der Waals surface area (Å²) in [4.78, 5) is 12.2. The Labute approximate surface area is 147 Å². The Morgan fingerprint density at radius 2 is 1.88 bits per heavy atom. The van der Waals surface area contributed by atoms with E-state index in [4.69, 9.17) is 4.74 Å². The number of carbonyl (C=O) groups excluding carboxylic acids is 1. The van der Waals surface area contributed by atoms with Gasteiger partial charge in [0.05, 0.1) is 0 Å². The number of esters is 1. The molecule has 0 heterocycles. The maximum Gasteiger partial charge on any atom is 0.330 e. The summed E-state index contributed by atoms with van der Waals surface area (Å²) in [6, 6.07) is 10.6. The zero-order valence-corrected chi connectivity index (χ0v) is 15.8. The van der Waals surface area contributed by atoms with Crippen LogP contribution in [0.25, 0.3) is 0 Å². The normalized spacial score (nSPS) is 25.2. The number of carbonyl (C=O) groups is 1. The predicted molar refractivity (Wildman–Crippen MR) is 99.8 cm³/mol. The quantitative estimate of drug-likeness (QED) is 0.525. The van der Waals surface area contributed by atoms with E-state index in [2.05, 4.69) is 65.0 Å². The van der Waals surface area contributed by atoms with Gasteiger partial charge in [0.2, 0.25) is 0 Å². The van der Waals surface area contributed by atoms with Crippen LogP contribution < -0.4 is 0 Å². The number of benzene rings is 1. The van der Waals surface area contributed by atoms with E-state index in [0.29, 0.717) is 17.8 Å². The number of rotatable bonds is 5. The molecule has 0 amide bonds. The molecule has 2 nitrogen and oxygen atoms in total. The monoisotopic (exact) mass is 328 g/mol. The SMILES string of the molecule is CC(C)/C=C/C(=O)O[C@@H]1C[C@H](C)CC[C@H]1C(C)(C)c1ccccc1. The second-order valence-corrected chi connectivity index (χ2v) is 8.19. The van der Waals surface area contributed by atoms with Gasteiger partial charge in [0.1, 0.15) is 6.10 Å². The van der Waals surface area contributed by atoms with Crippen LogP contribution in [0.3, 0.4) is 0 Å². The first-order valence-corrected chi connectivity index (χ1v) is 9.25. The summed E-state index contributed by atoms with van der Waals surface area (Å²) >= 11 is 0. The van der Waals surface area contributed by atoms with Crippen LogP contribution >= 0.6 is 0 Å². The van der Waals surface area contributed by atoms with Crippen LogP contribution in [0.1, 0.15) is 59.4 Å². The lowest BCUT2D eigenvalue weighted by atomic mass is 9.64. The fraction of sp³-hybridized carbons (Fsp3) is 0.591. The van der Waals surface area contributed by atoms with Crippen LogP contribution in [0.2, 0.25) is 0 Å². The highest BCUT2D eigenvalue weighted by atomic mass is 16.5. The molecule has 3 atom stereocenters. The summed E-state index contributed by atoms with van der Waals surface area (Å²) in [5.41, 5.74) is 1.32. The minimum atomic E-state index is -0.198. The van der Waals surface area contributed by atoms with Crippen LogP contribution in [0.5, 0.6) is 0 Å². The second-order valence-electron chi connectivity index (χ2n) is 8.19. The van der Waals surface area contributed by atoms with Crippen molar-refractivity contribution in [3.63, 3.8) is 0 Å². The van der Waals surface area contributed by atoms with Crippen LogP contribution in [0.15, 0.2) is 42.5 Å². The van der Waals surface area contributed by atoms with E-state index in [1.54, 1.807) is 6.08 Å². The number of allylic oxidation sites excluding steroid dienone is 1. The number of hydrogen-bond donors (Lipinski definition) is 0. The number of ether oxygens (including phenoxy) is 1. The molecule has 1 aliphatic rings. The average Bonchev–Trinajstić information content (AvgIpc) is 2.53. The Balaban J connectivity index is 2.18. The molecule has 0 bridgehead atoms. The topological polar surface area (TPSA) is 26.3 Å². The fourth-order valence-electron chi connectivity index (χ4n) is 3.83. The van der Waals surface area contributed by atoms with Gasteiger partial charge in [0.25, 0.3) is 0 Å². The van der Waals surface area contributed by atoms with Crippen LogP contribution in [-0.4, -0.2) is 12.1 Å². The molecule has 1 fully saturated rings. The molecule has 1 aromatic carbocycles. The summed E-state index contributed by atoms with van der Waals surface area (Å²) in [7, 11) is 0. The van der Waals surface area contributed by atoms with E-state index in [0.717, 1.165) is 12.8 Å². The van der Waals surface area contributed by atoms with Gasteiger partial charge in [-0.15, -0.1) is 0 Å². The van der Waals surface area contributed by atoms with Gasteiger partial charge >= 0.3 is 5.97 Å². The summed E-state index contributed by atoms with van der Waals surface area (Å²) in [5, 5.41) is 0. The van der Waals surface area contributed by atoms with Gasteiger partial charge in [-0.3, -0.25) is 0 Å². The van der Waals surface area contributed by atoms with E-state index in [1.807, 2.05) is 6.08 Å². The predicted octanol–water partition coefficient (Wildman–Crippen LogP) is 5.52. The molecule has 1 aliphatic carbocycles. The minimum absolute atomic E-state index is 0.00584. The van der Waals surface area contributed by atoms with E-state index in [1.165, 1.54) is 12.0 Å². The molecule has 0 aromatic heterocycles. The first-order valence-electron chi connectivity index (χ1n) is 9.25. The van der Waals surface area contributed by atoms with E-state index >= 15 is 0 Å². The third kappa shape index (κ3) is 4.72. The van der Waals surface area contributed by atoms with Crippen molar-refractivity contribution >= 4 is 5.97 Å². The van der Waals surface area contributed by atoms with E-state index in [-0.39, 0.29) is 17.5 Å². The molecule has 132 valence electrons. The van der Waals surface area contributed by atoms with Crippen LogP contribution in [-0.2, 0) is 14.9 Å². The Kier molecular flexibility index (Phi) is 6.26. The van der Waals surface area contributed by atoms with Gasteiger partial charge in [0, 0.05) is 12.0 Å². The van der Waals surface area contributed by atoms with Crippen LogP contribution in [0.4, 0.5) is 0 Å². The van der Waals surface area contributed by atoms with Crippen molar-refractivity contribution in [2.45, 2.75) is 65.4 Å². The summed E-state index contributed by atoms with van der Waals surface area (Å²) in [6.07, 6.45) is 6.77. The van der Waals surface area contributed by atoms with Gasteiger partial charge < -0.3 is 4.74 Å². The fourth-order valence-corrected chi connectivity index (χ4v) is 3.83. The van der Waals surface area contributed by atoms with Crippen molar-refractivity contribution in [2.75, 3.05) is 0 Å². The van der Waals surface area contributed by atoms with Crippen molar-refractivity contribution in [3.8, 4) is 0 Å². The number of hydrogen-bond acceptors (Lipinski definition) is 2. The molecule has 0 spiro atoms. The molecular formula is C22H32O2. The minimum Gasteiger partial charge on any atom is -0.459 e. The molecule has 0 aliphatic heterocycles. The molecule has 1 saturated carbocycles. The van der Waals surface area contributed by atoms with Crippen molar-refractivity contribution in [1.29, 1.82) is 0 Å². The smallest absolute Gasteiger partial charge is 0.330 e. The standard InChI is InChI=1S/C22H32O2/c1-16(2)11-14-21(23)24-20-15-17(3)12-13-19(20)22(4,5)18-9-7-6-8-10-18/h6-11,14,16-17,19-20H,12-13,15H2,1-5H3/b14-11+/t17-,19-,20-/m1/s1. The molecule has 0 N–H and O–H groups in total. The Bertz CT molecular complexity index is 557. The highest BCUT2D eigenvalue weighted by Crippen LogP contribution is 2.43. The zero-order valence-electron chi connectivity index (χ0n) is 15.8. The summed E-state index contributed by atoms with van der Waals surface area (Å²) in [5.74, 6) is 1.13. The third-order valence-corrected chi connectivity index (χ3v) is 5.38. The maximum absolute atomic E-state index is 12.2. The Morgan fingerprint density at radius 3 is 2.50 bits per heavy atom. The second kappa shape index (κ2) is 8.00. The van der Waals surface area contributed by atoms with Crippen molar-refractivity contribution < 1.29 is 9.53 Å². The van der Waals surface area contributed by atoms with Crippen molar-refractivity contribution in [3.05, 3.63) is 48.0 Å². The van der Waals surface area contributed by atoms with Gasteiger partial charge in [-0.25, -0.2) is 4.79 Å². The lowest BCUT2D eigenvalue weighted by molar-refractivity contribution is -0.150. The highest BCUT2D eigenvalue weighted by molar-refractivity contribution is 5.82. The Morgan fingerprint density at radius 1 is 1.21 bits per heavy atom. The molecule has 2 rings (SSSR count). The summed E-state index contributed by atoms with van der Waals surface area (Å²) < 4.78 is 5.91. The van der Waals surface area contributed by atoms with E-state index < -0.39 is 0 Å². The highest BCUT2D eigenvalue weighted by Gasteiger charge is 2.41. The molecule has 24 heavy (non-hydrogen) atoms. The largest absolute Gasteiger partial charge is 0.459 e. The molecule has 0 unspecified atom stereocenters. The van der Waals surface area contributed by atoms with Gasteiger partial charge in [0.15, 0.2) is 0 Å². The van der Waals surface area contributed by atoms with Crippen molar-refractivity contribution in [2.24, 2.45) is 17.8 Å².